The SMILES string of the molecule is Cl.O=C1CCC(n2ncc3ccccc32)C(=O)N1. The third-order valence-corrected chi connectivity index (χ3v) is 3.01. The Morgan fingerprint density at radius 3 is 2.83 bits per heavy atom. The second-order valence-corrected chi connectivity index (χ2v) is 4.11. The third-order valence-electron chi connectivity index (χ3n) is 3.01. The number of halogens is 1. The van der Waals surface area contributed by atoms with Crippen molar-refractivity contribution in [3.63, 3.8) is 0 Å². The molecule has 2 amide bonds. The Morgan fingerprint density at radius 1 is 1.28 bits per heavy atom. The van der Waals surface area contributed by atoms with Crippen molar-refractivity contribution in [2.24, 2.45) is 0 Å². The predicted molar refractivity (Wildman–Crippen MR) is 68.4 cm³/mol. The van der Waals surface area contributed by atoms with Crippen LogP contribution in [0.3, 0.4) is 0 Å². The van der Waals surface area contributed by atoms with Gasteiger partial charge in [-0.2, -0.15) is 5.10 Å². The smallest absolute Gasteiger partial charge is 0.251 e. The fraction of sp³-hybridized carbons (Fsp3) is 0.250. The Kier molecular flexibility index (Phi) is 3.34. The van der Waals surface area contributed by atoms with E-state index >= 15 is 0 Å². The lowest BCUT2D eigenvalue weighted by Gasteiger charge is -2.21. The number of carbonyl (C=O) groups is 2. The summed E-state index contributed by atoms with van der Waals surface area (Å²) >= 11 is 0. The van der Waals surface area contributed by atoms with Crippen LogP contribution in [0.25, 0.3) is 10.9 Å². The molecule has 1 fully saturated rings. The zero-order valence-corrected chi connectivity index (χ0v) is 10.3. The lowest BCUT2D eigenvalue weighted by atomic mass is 10.1. The summed E-state index contributed by atoms with van der Waals surface area (Å²) in [6.45, 7) is 0. The van der Waals surface area contributed by atoms with Gasteiger partial charge in [0.05, 0.1) is 11.7 Å². The number of fused-ring (bicyclic) bond motifs is 1. The minimum Gasteiger partial charge on any atom is -0.295 e. The number of nitrogens with one attached hydrogen (secondary N) is 1. The van der Waals surface area contributed by atoms with Crippen LogP contribution in [-0.4, -0.2) is 21.6 Å². The number of piperidine rings is 1. The van der Waals surface area contributed by atoms with E-state index in [9.17, 15) is 9.59 Å². The van der Waals surface area contributed by atoms with Gasteiger partial charge >= 0.3 is 0 Å². The molecular formula is C12H12ClN3O2. The number of benzene rings is 1. The quantitative estimate of drug-likeness (QED) is 0.794. The molecule has 94 valence electrons. The lowest BCUT2D eigenvalue weighted by molar-refractivity contribution is -0.135. The maximum Gasteiger partial charge on any atom is 0.251 e. The Bertz CT molecular complexity index is 608. The first-order valence-electron chi connectivity index (χ1n) is 5.51. The van der Waals surface area contributed by atoms with Crippen LogP contribution in [0.4, 0.5) is 0 Å². The highest BCUT2D eigenvalue weighted by Gasteiger charge is 2.29. The van der Waals surface area contributed by atoms with E-state index in [4.69, 9.17) is 0 Å². The van der Waals surface area contributed by atoms with Crippen molar-refractivity contribution < 1.29 is 9.59 Å². The van der Waals surface area contributed by atoms with Crippen LogP contribution < -0.4 is 5.32 Å². The molecule has 1 aromatic heterocycles. The number of rotatable bonds is 1. The zero-order valence-electron chi connectivity index (χ0n) is 9.50. The van der Waals surface area contributed by atoms with E-state index in [0.717, 1.165) is 10.9 Å². The molecule has 2 aromatic rings. The van der Waals surface area contributed by atoms with Gasteiger partial charge in [-0.05, 0) is 12.5 Å². The zero-order chi connectivity index (χ0) is 11.8. The van der Waals surface area contributed by atoms with Crippen LogP contribution in [0.15, 0.2) is 30.5 Å². The molecule has 2 heterocycles. The van der Waals surface area contributed by atoms with E-state index in [0.29, 0.717) is 12.8 Å². The van der Waals surface area contributed by atoms with Crippen molar-refractivity contribution >= 4 is 35.1 Å². The molecule has 1 aliphatic heterocycles. The molecule has 1 saturated heterocycles. The van der Waals surface area contributed by atoms with Crippen molar-refractivity contribution in [2.75, 3.05) is 0 Å². The number of nitrogens with zero attached hydrogens (tertiary/aromatic N) is 2. The number of hydrogen-bond acceptors (Lipinski definition) is 3. The van der Waals surface area contributed by atoms with Gasteiger partial charge in [-0.1, -0.05) is 18.2 Å². The van der Waals surface area contributed by atoms with Crippen molar-refractivity contribution in [2.45, 2.75) is 18.9 Å². The maximum atomic E-state index is 11.8. The van der Waals surface area contributed by atoms with Gasteiger partial charge in [0.1, 0.15) is 6.04 Å². The minimum absolute atomic E-state index is 0. The molecule has 0 saturated carbocycles. The highest BCUT2D eigenvalue weighted by atomic mass is 35.5. The van der Waals surface area contributed by atoms with Crippen LogP contribution in [0.2, 0.25) is 0 Å². The summed E-state index contributed by atoms with van der Waals surface area (Å²) in [7, 11) is 0. The first-order chi connectivity index (χ1) is 8.25. The normalized spacial score (nSPS) is 19.4. The summed E-state index contributed by atoms with van der Waals surface area (Å²) in [5.41, 5.74) is 0.919. The highest BCUT2D eigenvalue weighted by Crippen LogP contribution is 2.23. The second kappa shape index (κ2) is 4.78. The summed E-state index contributed by atoms with van der Waals surface area (Å²) in [5.74, 6) is -0.474. The number of hydrogen-bond donors (Lipinski definition) is 1. The molecule has 1 unspecified atom stereocenters. The topological polar surface area (TPSA) is 64.0 Å². The van der Waals surface area contributed by atoms with Gasteiger partial charge in [0.25, 0.3) is 5.91 Å². The molecule has 1 aromatic carbocycles. The van der Waals surface area contributed by atoms with E-state index in [2.05, 4.69) is 10.4 Å². The molecule has 0 bridgehead atoms. The molecule has 1 aliphatic rings. The predicted octanol–water partition coefficient (Wildman–Crippen LogP) is 1.44. The average Bonchev–Trinajstić information content (AvgIpc) is 2.73. The summed E-state index contributed by atoms with van der Waals surface area (Å²) in [4.78, 5) is 22.8. The lowest BCUT2D eigenvalue weighted by Crippen LogP contribution is -2.41. The van der Waals surface area contributed by atoms with Crippen molar-refractivity contribution in [1.82, 2.24) is 15.1 Å². The molecule has 0 spiro atoms. The number of amides is 2. The summed E-state index contributed by atoms with van der Waals surface area (Å²) < 4.78 is 1.69. The van der Waals surface area contributed by atoms with E-state index in [1.165, 1.54) is 0 Å². The molecular weight excluding hydrogens is 254 g/mol. The Balaban J connectivity index is 0.00000120. The molecule has 6 heteroatoms. The van der Waals surface area contributed by atoms with Crippen LogP contribution >= 0.6 is 12.4 Å². The monoisotopic (exact) mass is 265 g/mol. The third kappa shape index (κ3) is 1.97. The number of aromatic nitrogens is 2. The Hall–Kier alpha value is -1.88. The van der Waals surface area contributed by atoms with Gasteiger partial charge in [0, 0.05) is 11.8 Å². The van der Waals surface area contributed by atoms with Gasteiger partial charge in [-0.15, -0.1) is 12.4 Å². The number of para-hydroxylation sites is 1. The average molecular weight is 266 g/mol. The molecule has 0 aliphatic carbocycles. The molecule has 5 nitrogen and oxygen atoms in total. The van der Waals surface area contributed by atoms with E-state index in [1.807, 2.05) is 24.3 Å². The van der Waals surface area contributed by atoms with Crippen LogP contribution in [0.1, 0.15) is 18.9 Å². The van der Waals surface area contributed by atoms with Crippen molar-refractivity contribution in [3.05, 3.63) is 30.5 Å². The Morgan fingerprint density at radius 2 is 2.06 bits per heavy atom. The van der Waals surface area contributed by atoms with Crippen molar-refractivity contribution in [3.8, 4) is 0 Å². The molecule has 0 radical (unpaired) electrons. The summed E-state index contributed by atoms with van der Waals surface area (Å²) in [5, 5.41) is 7.58. The maximum absolute atomic E-state index is 11.8. The van der Waals surface area contributed by atoms with Crippen LogP contribution in [-0.2, 0) is 9.59 Å². The van der Waals surface area contributed by atoms with E-state index in [-0.39, 0.29) is 30.3 Å². The molecule has 3 rings (SSSR count). The van der Waals surface area contributed by atoms with Gasteiger partial charge < -0.3 is 0 Å². The fourth-order valence-corrected chi connectivity index (χ4v) is 2.16. The van der Waals surface area contributed by atoms with E-state index < -0.39 is 0 Å². The standard InChI is InChI=1S/C12H11N3O2.ClH/c16-11-6-5-10(12(17)14-11)15-9-4-2-1-3-8(9)7-13-15;/h1-4,7,10H,5-6H2,(H,14,16,17);1H. The molecule has 1 atom stereocenters. The van der Waals surface area contributed by atoms with Gasteiger partial charge in [-0.3, -0.25) is 19.6 Å². The van der Waals surface area contributed by atoms with E-state index in [1.54, 1.807) is 10.9 Å². The Labute approximate surface area is 110 Å². The highest BCUT2D eigenvalue weighted by molar-refractivity contribution is 6.00. The largest absolute Gasteiger partial charge is 0.295 e. The van der Waals surface area contributed by atoms with Gasteiger partial charge in [-0.25, -0.2) is 0 Å². The van der Waals surface area contributed by atoms with Crippen LogP contribution in [0.5, 0.6) is 0 Å². The van der Waals surface area contributed by atoms with Crippen LogP contribution in [0, 0.1) is 0 Å². The molecule has 18 heavy (non-hydrogen) atoms. The second-order valence-electron chi connectivity index (χ2n) is 4.11. The van der Waals surface area contributed by atoms with Crippen molar-refractivity contribution in [1.29, 1.82) is 0 Å². The minimum atomic E-state index is -0.382. The number of carbonyl (C=O) groups excluding carboxylic acids is 2. The first-order valence-corrected chi connectivity index (χ1v) is 5.51. The van der Waals surface area contributed by atoms with Gasteiger partial charge in [0.2, 0.25) is 5.91 Å². The van der Waals surface area contributed by atoms with Gasteiger partial charge in [0.15, 0.2) is 0 Å². The first kappa shape index (κ1) is 12.6. The summed E-state index contributed by atoms with van der Waals surface area (Å²) in [6.07, 6.45) is 2.61. The fourth-order valence-electron chi connectivity index (χ4n) is 2.16. The molecule has 1 N–H and O–H groups in total. The number of imide groups is 1. The summed E-state index contributed by atoms with van der Waals surface area (Å²) in [6, 6.07) is 7.33.